The number of unbranched alkanes of at least 4 members (excludes halogenated alkanes) is 3. The molecule has 0 aliphatic carbocycles. The zero-order valence-corrected chi connectivity index (χ0v) is 7.70. The van der Waals surface area contributed by atoms with Gasteiger partial charge in [-0.05, 0) is 12.8 Å². The molecule has 13 heavy (non-hydrogen) atoms. The molecule has 0 fully saturated rings. The Morgan fingerprint density at radius 1 is 1.46 bits per heavy atom. The van der Waals surface area contributed by atoms with Crippen molar-refractivity contribution in [2.45, 2.75) is 38.1 Å². The van der Waals surface area contributed by atoms with Crippen molar-refractivity contribution in [2.75, 3.05) is 6.61 Å². The Labute approximate surface area is 78.3 Å². The third-order valence-corrected chi connectivity index (χ3v) is 1.82. The van der Waals surface area contributed by atoms with Gasteiger partial charge in [0.15, 0.2) is 5.78 Å². The lowest BCUT2D eigenvalue weighted by atomic mass is 10.1. The van der Waals surface area contributed by atoms with E-state index in [4.69, 9.17) is 16.1 Å². The number of aliphatic hydroxyl groups is 1. The first-order valence-corrected chi connectivity index (χ1v) is 4.48. The maximum Gasteiger partial charge on any atom is 0.151 e. The van der Waals surface area contributed by atoms with Crippen LogP contribution in [-0.2, 0) is 4.79 Å². The summed E-state index contributed by atoms with van der Waals surface area (Å²) in [6, 6.07) is 1.31. The zero-order chi connectivity index (χ0) is 10.1. The second-order valence-corrected chi connectivity index (χ2v) is 2.97. The smallest absolute Gasteiger partial charge is 0.151 e. The molecule has 0 rings (SSSR count). The van der Waals surface area contributed by atoms with Crippen molar-refractivity contribution in [3.8, 4) is 6.07 Å². The van der Waals surface area contributed by atoms with E-state index in [9.17, 15) is 4.79 Å². The molecule has 0 saturated heterocycles. The molecule has 0 heterocycles. The average Bonchev–Trinajstić information content (AvgIpc) is 2.16. The fourth-order valence-corrected chi connectivity index (χ4v) is 0.967. The summed E-state index contributed by atoms with van der Waals surface area (Å²) in [5.41, 5.74) is 5.31. The fraction of sp³-hybridized carbons (Fsp3) is 0.778. The molecule has 3 N–H and O–H groups in total. The number of hydrogen-bond acceptors (Lipinski definition) is 4. The van der Waals surface area contributed by atoms with Gasteiger partial charge in [-0.15, -0.1) is 0 Å². The highest BCUT2D eigenvalue weighted by Gasteiger charge is 2.10. The number of hydrogen-bond donors (Lipinski definition) is 2. The van der Waals surface area contributed by atoms with E-state index in [1.54, 1.807) is 0 Å². The first kappa shape index (κ1) is 12.1. The van der Waals surface area contributed by atoms with Crippen molar-refractivity contribution in [2.24, 2.45) is 5.73 Å². The predicted octanol–water partition coefficient (Wildman–Crippen LogP) is 0.349. The summed E-state index contributed by atoms with van der Waals surface area (Å²) in [6.45, 7) is -0.281. The van der Waals surface area contributed by atoms with Gasteiger partial charge in [-0.2, -0.15) is 5.26 Å². The highest BCUT2D eigenvalue weighted by molar-refractivity contribution is 5.83. The van der Waals surface area contributed by atoms with Crippen LogP contribution in [0.4, 0.5) is 0 Å². The van der Waals surface area contributed by atoms with E-state index in [2.05, 4.69) is 0 Å². The maximum absolute atomic E-state index is 11.1. The molecule has 1 atom stereocenters. The van der Waals surface area contributed by atoms with Gasteiger partial charge < -0.3 is 10.8 Å². The SMILES string of the molecule is N#CCCCCCC(=O)C(N)CO. The van der Waals surface area contributed by atoms with E-state index in [1.807, 2.05) is 6.07 Å². The van der Waals surface area contributed by atoms with Crippen molar-refractivity contribution in [1.29, 1.82) is 5.26 Å². The molecule has 74 valence electrons. The predicted molar refractivity (Wildman–Crippen MR) is 48.8 cm³/mol. The largest absolute Gasteiger partial charge is 0.394 e. The average molecular weight is 184 g/mol. The van der Waals surface area contributed by atoms with E-state index in [1.165, 1.54) is 0 Å². The Balaban J connectivity index is 3.33. The Hall–Kier alpha value is -0.920. The summed E-state index contributed by atoms with van der Waals surface area (Å²) in [6.07, 6.45) is 3.41. The van der Waals surface area contributed by atoms with Gasteiger partial charge in [0.05, 0.1) is 18.7 Å². The van der Waals surface area contributed by atoms with Gasteiger partial charge in [0.1, 0.15) is 0 Å². The minimum Gasteiger partial charge on any atom is -0.394 e. The van der Waals surface area contributed by atoms with E-state index in [0.717, 1.165) is 19.3 Å². The Morgan fingerprint density at radius 2 is 2.15 bits per heavy atom. The molecular formula is C9H16N2O2. The quantitative estimate of drug-likeness (QED) is 0.559. The summed E-state index contributed by atoms with van der Waals surface area (Å²) in [7, 11) is 0. The van der Waals surface area contributed by atoms with Gasteiger partial charge in [-0.1, -0.05) is 6.42 Å². The third kappa shape index (κ3) is 6.26. The van der Waals surface area contributed by atoms with Crippen LogP contribution in [0.15, 0.2) is 0 Å². The highest BCUT2D eigenvalue weighted by Crippen LogP contribution is 2.03. The minimum absolute atomic E-state index is 0.0977. The van der Waals surface area contributed by atoms with Crippen molar-refractivity contribution >= 4 is 5.78 Å². The molecule has 0 aromatic heterocycles. The fourth-order valence-electron chi connectivity index (χ4n) is 0.967. The number of nitrogens with two attached hydrogens (primary N) is 1. The molecular weight excluding hydrogens is 168 g/mol. The van der Waals surface area contributed by atoms with Gasteiger partial charge in [0.2, 0.25) is 0 Å². The standard InChI is InChI=1S/C9H16N2O2/c10-6-4-2-1-3-5-9(13)8(11)7-12/h8,12H,1-5,7,11H2. The number of nitriles is 1. The van der Waals surface area contributed by atoms with Crippen LogP contribution in [0.1, 0.15) is 32.1 Å². The molecule has 0 aromatic rings. The number of carbonyl (C=O) groups is 1. The van der Waals surface area contributed by atoms with Crippen LogP contribution in [0, 0.1) is 11.3 Å². The van der Waals surface area contributed by atoms with Gasteiger partial charge in [-0.3, -0.25) is 4.79 Å². The van der Waals surface area contributed by atoms with Gasteiger partial charge in [0.25, 0.3) is 0 Å². The van der Waals surface area contributed by atoms with Crippen LogP contribution >= 0.6 is 0 Å². The van der Waals surface area contributed by atoms with Crippen LogP contribution in [0.25, 0.3) is 0 Å². The minimum atomic E-state index is -0.726. The van der Waals surface area contributed by atoms with Crippen molar-refractivity contribution < 1.29 is 9.90 Å². The van der Waals surface area contributed by atoms with Gasteiger partial charge >= 0.3 is 0 Å². The molecule has 0 aliphatic heterocycles. The molecule has 0 radical (unpaired) electrons. The van der Waals surface area contributed by atoms with Crippen LogP contribution in [0.5, 0.6) is 0 Å². The zero-order valence-electron chi connectivity index (χ0n) is 7.70. The molecule has 0 spiro atoms. The van der Waals surface area contributed by atoms with Crippen LogP contribution in [-0.4, -0.2) is 23.5 Å². The van der Waals surface area contributed by atoms with Gasteiger partial charge in [-0.25, -0.2) is 0 Å². The lowest BCUT2D eigenvalue weighted by molar-refractivity contribution is -0.121. The summed E-state index contributed by atoms with van der Waals surface area (Å²) in [4.78, 5) is 11.1. The second-order valence-electron chi connectivity index (χ2n) is 2.97. The van der Waals surface area contributed by atoms with Crippen molar-refractivity contribution in [3.05, 3.63) is 0 Å². The van der Waals surface area contributed by atoms with Crippen LogP contribution in [0.2, 0.25) is 0 Å². The number of rotatable bonds is 7. The van der Waals surface area contributed by atoms with E-state index in [-0.39, 0.29) is 12.4 Å². The third-order valence-electron chi connectivity index (χ3n) is 1.82. The first-order valence-electron chi connectivity index (χ1n) is 4.48. The number of nitrogens with zero attached hydrogens (tertiary/aromatic N) is 1. The topological polar surface area (TPSA) is 87.1 Å². The normalized spacial score (nSPS) is 12.1. The molecule has 4 nitrogen and oxygen atoms in total. The number of aliphatic hydroxyl groups excluding tert-OH is 1. The Morgan fingerprint density at radius 3 is 2.69 bits per heavy atom. The summed E-state index contributed by atoms with van der Waals surface area (Å²) in [5.74, 6) is -0.0977. The van der Waals surface area contributed by atoms with Crippen LogP contribution < -0.4 is 5.73 Å². The number of ketones is 1. The summed E-state index contributed by atoms with van der Waals surface area (Å²) < 4.78 is 0. The molecule has 0 saturated carbocycles. The van der Waals surface area contributed by atoms with E-state index < -0.39 is 6.04 Å². The maximum atomic E-state index is 11.1. The molecule has 0 bridgehead atoms. The van der Waals surface area contributed by atoms with Gasteiger partial charge in [0, 0.05) is 12.8 Å². The van der Waals surface area contributed by atoms with Crippen molar-refractivity contribution in [3.63, 3.8) is 0 Å². The molecule has 4 heteroatoms. The first-order chi connectivity index (χ1) is 6.22. The summed E-state index contributed by atoms with van der Waals surface area (Å²) in [5, 5.41) is 16.8. The summed E-state index contributed by atoms with van der Waals surface area (Å²) >= 11 is 0. The number of carbonyl (C=O) groups excluding carboxylic acids is 1. The monoisotopic (exact) mass is 184 g/mol. The lowest BCUT2D eigenvalue weighted by Crippen LogP contribution is -2.33. The van der Waals surface area contributed by atoms with E-state index in [0.29, 0.717) is 12.8 Å². The Kier molecular flexibility index (Phi) is 7.17. The van der Waals surface area contributed by atoms with E-state index >= 15 is 0 Å². The Bertz CT molecular complexity index is 187. The highest BCUT2D eigenvalue weighted by atomic mass is 16.3. The van der Waals surface area contributed by atoms with Crippen molar-refractivity contribution in [1.82, 2.24) is 0 Å². The molecule has 1 unspecified atom stereocenters. The second kappa shape index (κ2) is 7.71. The molecule has 0 amide bonds. The molecule has 0 aliphatic rings. The lowest BCUT2D eigenvalue weighted by Gasteiger charge is -2.05. The number of Topliss-reactive ketones (excluding diaryl/α,β-unsaturated/α-hetero) is 1. The van der Waals surface area contributed by atoms with Crippen LogP contribution in [0.3, 0.4) is 0 Å². The molecule has 0 aromatic carbocycles.